The van der Waals surface area contributed by atoms with E-state index in [0.29, 0.717) is 0 Å². The molecule has 1 aliphatic rings. The summed E-state index contributed by atoms with van der Waals surface area (Å²) in [4.78, 5) is 14.2. The summed E-state index contributed by atoms with van der Waals surface area (Å²) in [7, 11) is 0. The maximum atomic E-state index is 13.5. The van der Waals surface area contributed by atoms with Crippen LogP contribution in [0.1, 0.15) is 42.5 Å². The number of halogens is 2. The molecule has 0 atom stereocenters. The third-order valence-electron chi connectivity index (χ3n) is 3.78. The first-order chi connectivity index (χ1) is 9.63. The van der Waals surface area contributed by atoms with Gasteiger partial charge in [-0.3, -0.25) is 4.79 Å². The molecule has 0 spiro atoms. The van der Waals surface area contributed by atoms with Gasteiger partial charge in [0.25, 0.3) is 5.91 Å². The van der Waals surface area contributed by atoms with E-state index in [9.17, 15) is 14.3 Å². The van der Waals surface area contributed by atoms with Crippen molar-refractivity contribution < 1.29 is 14.3 Å². The van der Waals surface area contributed by atoms with E-state index in [4.69, 9.17) is 11.6 Å². The van der Waals surface area contributed by atoms with Gasteiger partial charge in [-0.2, -0.15) is 0 Å². The summed E-state index contributed by atoms with van der Waals surface area (Å²) < 4.78 is 13.5. The van der Waals surface area contributed by atoms with E-state index in [1.807, 2.05) is 0 Å². The molecule has 0 bridgehead atoms. The smallest absolute Gasteiger partial charge is 0.254 e. The SMILES string of the molecule is O=C(c1ccc(Cl)c(F)c1)N(CCO)C1CCCCC1. The Bertz CT molecular complexity index is 475. The molecule has 1 amide bonds. The van der Waals surface area contributed by atoms with Gasteiger partial charge in [-0.15, -0.1) is 0 Å². The Morgan fingerprint density at radius 1 is 1.35 bits per heavy atom. The van der Waals surface area contributed by atoms with Gasteiger partial charge in [0.1, 0.15) is 5.82 Å². The van der Waals surface area contributed by atoms with Crippen LogP contribution in [0.15, 0.2) is 18.2 Å². The molecule has 1 saturated carbocycles. The highest BCUT2D eigenvalue weighted by molar-refractivity contribution is 6.30. The van der Waals surface area contributed by atoms with E-state index in [1.165, 1.54) is 18.6 Å². The summed E-state index contributed by atoms with van der Waals surface area (Å²) >= 11 is 5.63. The minimum absolute atomic E-state index is 0.00734. The number of benzene rings is 1. The predicted molar refractivity (Wildman–Crippen MR) is 76.4 cm³/mol. The lowest BCUT2D eigenvalue weighted by molar-refractivity contribution is 0.0585. The van der Waals surface area contributed by atoms with Crippen LogP contribution in [0.2, 0.25) is 5.02 Å². The van der Waals surface area contributed by atoms with Crippen LogP contribution in [0.25, 0.3) is 0 Å². The number of hydrogen-bond acceptors (Lipinski definition) is 2. The van der Waals surface area contributed by atoms with Crippen LogP contribution >= 0.6 is 11.6 Å². The quantitative estimate of drug-likeness (QED) is 0.927. The molecule has 20 heavy (non-hydrogen) atoms. The van der Waals surface area contributed by atoms with E-state index in [0.717, 1.165) is 31.7 Å². The first-order valence-electron chi connectivity index (χ1n) is 7.00. The van der Waals surface area contributed by atoms with E-state index in [1.54, 1.807) is 4.90 Å². The Morgan fingerprint density at radius 3 is 2.65 bits per heavy atom. The van der Waals surface area contributed by atoms with E-state index >= 15 is 0 Å². The number of carbonyl (C=O) groups is 1. The highest BCUT2D eigenvalue weighted by Crippen LogP contribution is 2.24. The molecule has 0 radical (unpaired) electrons. The number of aliphatic hydroxyl groups excluding tert-OH is 1. The standard InChI is InChI=1S/C15H19ClFNO2/c16-13-7-6-11(10-14(13)17)15(20)18(8-9-19)12-4-2-1-3-5-12/h6-7,10,12,19H,1-5,8-9H2. The molecule has 2 rings (SSSR count). The van der Waals surface area contributed by atoms with Crippen LogP contribution in [0.4, 0.5) is 4.39 Å². The third-order valence-corrected chi connectivity index (χ3v) is 4.09. The molecule has 1 aliphatic carbocycles. The Hall–Kier alpha value is -1.13. The lowest BCUT2D eigenvalue weighted by Gasteiger charge is -2.34. The van der Waals surface area contributed by atoms with E-state index in [2.05, 4.69) is 0 Å². The molecule has 0 heterocycles. The molecule has 1 aromatic rings. The van der Waals surface area contributed by atoms with Crippen LogP contribution in [0, 0.1) is 5.82 Å². The van der Waals surface area contributed by atoms with Gasteiger partial charge in [-0.1, -0.05) is 30.9 Å². The van der Waals surface area contributed by atoms with Crippen LogP contribution < -0.4 is 0 Å². The van der Waals surface area contributed by atoms with Gasteiger partial charge in [0.2, 0.25) is 0 Å². The van der Waals surface area contributed by atoms with Crippen molar-refractivity contribution in [3.05, 3.63) is 34.6 Å². The van der Waals surface area contributed by atoms with Crippen molar-refractivity contribution in [1.82, 2.24) is 4.90 Å². The number of amides is 1. The Kier molecular flexibility index (Phi) is 5.38. The minimum atomic E-state index is -0.592. The maximum Gasteiger partial charge on any atom is 0.254 e. The van der Waals surface area contributed by atoms with Gasteiger partial charge in [-0.25, -0.2) is 4.39 Å². The number of hydrogen-bond donors (Lipinski definition) is 1. The molecule has 0 aromatic heterocycles. The molecule has 1 aromatic carbocycles. The second kappa shape index (κ2) is 7.04. The number of carbonyl (C=O) groups excluding carboxylic acids is 1. The average Bonchev–Trinajstić information content (AvgIpc) is 2.48. The average molecular weight is 300 g/mol. The topological polar surface area (TPSA) is 40.5 Å². The van der Waals surface area contributed by atoms with E-state index in [-0.39, 0.29) is 35.7 Å². The summed E-state index contributed by atoms with van der Waals surface area (Å²) in [6.45, 7) is 0.200. The number of rotatable bonds is 4. The third kappa shape index (κ3) is 3.49. The van der Waals surface area contributed by atoms with Crippen molar-refractivity contribution in [2.24, 2.45) is 0 Å². The fourth-order valence-corrected chi connectivity index (χ4v) is 2.86. The zero-order chi connectivity index (χ0) is 14.5. The van der Waals surface area contributed by atoms with Crippen LogP contribution in [-0.4, -0.2) is 35.1 Å². The van der Waals surface area contributed by atoms with Gasteiger partial charge in [-0.05, 0) is 31.0 Å². The molecular formula is C15H19ClFNO2. The molecular weight excluding hydrogens is 281 g/mol. The fraction of sp³-hybridized carbons (Fsp3) is 0.533. The molecule has 0 aliphatic heterocycles. The second-order valence-electron chi connectivity index (χ2n) is 5.14. The van der Waals surface area contributed by atoms with Crippen LogP contribution in [-0.2, 0) is 0 Å². The van der Waals surface area contributed by atoms with Crippen molar-refractivity contribution in [2.75, 3.05) is 13.2 Å². The second-order valence-corrected chi connectivity index (χ2v) is 5.55. The number of nitrogens with zero attached hydrogens (tertiary/aromatic N) is 1. The summed E-state index contributed by atoms with van der Waals surface area (Å²) in [5.41, 5.74) is 0.283. The van der Waals surface area contributed by atoms with Crippen LogP contribution in [0.5, 0.6) is 0 Å². The van der Waals surface area contributed by atoms with Crippen molar-refractivity contribution >= 4 is 17.5 Å². The molecule has 0 unspecified atom stereocenters. The van der Waals surface area contributed by atoms with Gasteiger partial charge < -0.3 is 10.0 Å². The minimum Gasteiger partial charge on any atom is -0.395 e. The Balaban J connectivity index is 2.18. The zero-order valence-corrected chi connectivity index (χ0v) is 12.1. The van der Waals surface area contributed by atoms with Crippen molar-refractivity contribution in [2.45, 2.75) is 38.1 Å². The Morgan fingerprint density at radius 2 is 2.05 bits per heavy atom. The monoisotopic (exact) mass is 299 g/mol. The fourth-order valence-electron chi connectivity index (χ4n) is 2.75. The summed E-state index contributed by atoms with van der Waals surface area (Å²) in [6.07, 6.45) is 5.26. The zero-order valence-electron chi connectivity index (χ0n) is 11.3. The highest BCUT2D eigenvalue weighted by Gasteiger charge is 2.26. The largest absolute Gasteiger partial charge is 0.395 e. The first kappa shape index (κ1) is 15.3. The van der Waals surface area contributed by atoms with Gasteiger partial charge in [0.05, 0.1) is 11.6 Å². The summed E-state index contributed by atoms with van der Waals surface area (Å²) in [5, 5.41) is 9.18. The van der Waals surface area contributed by atoms with Crippen LogP contribution in [0.3, 0.4) is 0 Å². The molecule has 5 heteroatoms. The maximum absolute atomic E-state index is 13.5. The molecule has 110 valence electrons. The molecule has 1 N–H and O–H groups in total. The predicted octanol–water partition coefficient (Wildman–Crippen LogP) is 3.25. The lowest BCUT2D eigenvalue weighted by Crippen LogP contribution is -2.43. The highest BCUT2D eigenvalue weighted by atomic mass is 35.5. The molecule has 0 saturated heterocycles. The normalized spacial score (nSPS) is 16.1. The summed E-state index contributed by atoms with van der Waals surface area (Å²) in [6, 6.07) is 4.23. The van der Waals surface area contributed by atoms with Crippen molar-refractivity contribution in [3.8, 4) is 0 Å². The van der Waals surface area contributed by atoms with Crippen molar-refractivity contribution in [1.29, 1.82) is 0 Å². The molecule has 1 fully saturated rings. The van der Waals surface area contributed by atoms with Crippen molar-refractivity contribution in [3.63, 3.8) is 0 Å². The van der Waals surface area contributed by atoms with Gasteiger partial charge >= 0.3 is 0 Å². The Labute approximate surface area is 123 Å². The molecule has 3 nitrogen and oxygen atoms in total. The lowest BCUT2D eigenvalue weighted by atomic mass is 9.93. The van der Waals surface area contributed by atoms with Gasteiger partial charge in [0, 0.05) is 18.2 Å². The van der Waals surface area contributed by atoms with Gasteiger partial charge in [0.15, 0.2) is 0 Å². The number of aliphatic hydroxyl groups is 1. The van der Waals surface area contributed by atoms with E-state index < -0.39 is 5.82 Å². The first-order valence-corrected chi connectivity index (χ1v) is 7.38. The summed E-state index contributed by atoms with van der Waals surface area (Å²) in [5.74, 6) is -0.827.